The van der Waals surface area contributed by atoms with E-state index in [1.807, 2.05) is 30.5 Å². The van der Waals surface area contributed by atoms with Crippen LogP contribution in [0, 0.1) is 6.92 Å². The molecule has 2 heterocycles. The average molecular weight is 538 g/mol. The highest BCUT2D eigenvalue weighted by Gasteiger charge is 2.21. The quantitative estimate of drug-likeness (QED) is 0.213. The third-order valence-corrected chi connectivity index (χ3v) is 8.40. The van der Waals surface area contributed by atoms with Crippen molar-refractivity contribution in [1.82, 2.24) is 4.98 Å². The third-order valence-electron chi connectivity index (χ3n) is 6.35. The second-order valence-corrected chi connectivity index (χ2v) is 12.4. The topological polar surface area (TPSA) is 68.7 Å². The first-order chi connectivity index (χ1) is 17.7. The van der Waals surface area contributed by atoms with E-state index in [1.54, 1.807) is 22.7 Å². The smallest absolute Gasteiger partial charge is 0.333 e. The van der Waals surface area contributed by atoms with Gasteiger partial charge in [0.05, 0.1) is 12.3 Å². The number of hydrogen-bond donors (Lipinski definition) is 1. The molecule has 0 amide bonds. The minimum Gasteiger partial charge on any atom is -0.493 e. The summed E-state index contributed by atoms with van der Waals surface area (Å²) >= 11 is 3.32. The van der Waals surface area contributed by atoms with Crippen molar-refractivity contribution in [3.05, 3.63) is 69.5 Å². The van der Waals surface area contributed by atoms with Crippen molar-refractivity contribution in [3.63, 3.8) is 0 Å². The van der Waals surface area contributed by atoms with E-state index in [1.165, 1.54) is 10.4 Å². The van der Waals surface area contributed by atoms with Crippen LogP contribution in [0.25, 0.3) is 20.7 Å². The number of rotatable bonds is 11. The van der Waals surface area contributed by atoms with Gasteiger partial charge in [0, 0.05) is 40.0 Å². The van der Waals surface area contributed by atoms with Gasteiger partial charge in [0.1, 0.15) is 10.8 Å². The first-order valence-electron chi connectivity index (χ1n) is 12.7. The van der Waals surface area contributed by atoms with E-state index in [4.69, 9.17) is 14.5 Å². The lowest BCUT2D eigenvalue weighted by atomic mass is 9.87. The highest BCUT2D eigenvalue weighted by molar-refractivity contribution is 7.17. The summed E-state index contributed by atoms with van der Waals surface area (Å²) in [5, 5.41) is 13.6. The molecule has 0 aliphatic carbocycles. The second kappa shape index (κ2) is 11.8. The van der Waals surface area contributed by atoms with Crippen LogP contribution in [0.2, 0.25) is 0 Å². The summed E-state index contributed by atoms with van der Waals surface area (Å²) in [5.41, 5.74) is 4.63. The highest BCUT2D eigenvalue weighted by Crippen LogP contribution is 2.34. The second-order valence-electron chi connectivity index (χ2n) is 10.2. The van der Waals surface area contributed by atoms with E-state index in [0.29, 0.717) is 19.6 Å². The van der Waals surface area contributed by atoms with E-state index in [2.05, 4.69) is 52.0 Å². The van der Waals surface area contributed by atoms with E-state index in [-0.39, 0.29) is 5.41 Å². The molecule has 0 saturated carbocycles. The van der Waals surface area contributed by atoms with Gasteiger partial charge in [-0.2, -0.15) is 0 Å². The number of benzene rings is 2. The number of aromatic nitrogens is 1. The van der Waals surface area contributed by atoms with Crippen LogP contribution in [-0.4, -0.2) is 35.4 Å². The molecule has 0 radical (unpaired) electrons. The fraction of sp³-hybridized carbons (Fsp3) is 0.400. The molecule has 196 valence electrons. The lowest BCUT2D eigenvalue weighted by Crippen LogP contribution is -2.26. The Bertz CT molecular complexity index is 1350. The lowest BCUT2D eigenvalue weighted by Gasteiger charge is -2.18. The average Bonchev–Trinajstić information content (AvgIpc) is 3.49. The number of aliphatic carboxylic acids is 1. The van der Waals surface area contributed by atoms with Gasteiger partial charge in [-0.05, 0) is 47.4 Å². The Morgan fingerprint density at radius 3 is 2.51 bits per heavy atom. The van der Waals surface area contributed by atoms with Crippen LogP contribution in [0.15, 0.2) is 47.8 Å². The molecule has 37 heavy (non-hydrogen) atoms. The Morgan fingerprint density at radius 2 is 1.84 bits per heavy atom. The molecule has 0 fully saturated rings. The van der Waals surface area contributed by atoms with Crippen LogP contribution in [0.4, 0.5) is 0 Å². The lowest BCUT2D eigenvalue weighted by molar-refractivity contribution is -0.150. The monoisotopic (exact) mass is 537 g/mol. The molecule has 7 heteroatoms. The summed E-state index contributed by atoms with van der Waals surface area (Å²) in [6.07, 6.45) is 1.00. The van der Waals surface area contributed by atoms with Crippen LogP contribution in [0.1, 0.15) is 55.8 Å². The molecule has 4 rings (SSSR count). The van der Waals surface area contributed by atoms with Crippen molar-refractivity contribution in [1.29, 1.82) is 0 Å². The number of carbonyl (C=O) groups is 1. The molecule has 0 spiro atoms. The van der Waals surface area contributed by atoms with Crippen molar-refractivity contribution in [2.75, 3.05) is 13.2 Å². The number of carboxylic acid groups (broad SMARTS) is 1. The van der Waals surface area contributed by atoms with E-state index >= 15 is 0 Å². The van der Waals surface area contributed by atoms with Gasteiger partial charge in [0.15, 0.2) is 6.10 Å². The van der Waals surface area contributed by atoms with Crippen LogP contribution in [0.5, 0.6) is 5.75 Å². The standard InChI is InChI=1S/C30H35NO4S2/c1-6-15-34-26(29(32)33)18-21-9-12-25(23-14-17-36-27(21)23)35-16-13-24-19(2)37-28(31-24)20-7-10-22(11-8-20)30(3,4)5/h7-12,14,17,26H,6,13,15-16,18H2,1-5H3,(H,32,33). The first kappa shape index (κ1) is 27.3. The minimum atomic E-state index is -0.929. The van der Waals surface area contributed by atoms with Crippen LogP contribution in [-0.2, 0) is 27.8 Å². The van der Waals surface area contributed by atoms with Crippen molar-refractivity contribution in [3.8, 4) is 16.3 Å². The molecule has 5 nitrogen and oxygen atoms in total. The molecular weight excluding hydrogens is 502 g/mol. The van der Waals surface area contributed by atoms with E-state index in [0.717, 1.165) is 50.5 Å². The minimum absolute atomic E-state index is 0.132. The van der Waals surface area contributed by atoms with Gasteiger partial charge in [-0.25, -0.2) is 9.78 Å². The molecular formula is C30H35NO4S2. The molecule has 0 saturated heterocycles. The molecule has 0 aliphatic heterocycles. The number of nitrogens with zero attached hydrogens (tertiary/aromatic N) is 1. The SMILES string of the molecule is CCCOC(Cc1ccc(OCCc2nc(-c3ccc(C(C)(C)C)cc3)sc2C)c2ccsc12)C(=O)O. The fourth-order valence-corrected chi connectivity index (χ4v) is 6.12. The van der Waals surface area contributed by atoms with Crippen molar-refractivity contribution in [2.24, 2.45) is 0 Å². The van der Waals surface area contributed by atoms with E-state index in [9.17, 15) is 9.90 Å². The fourth-order valence-electron chi connectivity index (χ4n) is 4.21. The zero-order valence-corrected chi connectivity index (χ0v) is 23.8. The summed E-state index contributed by atoms with van der Waals surface area (Å²) in [6, 6.07) is 14.7. The molecule has 4 aromatic rings. The number of ether oxygens (including phenoxy) is 2. The Hall–Kier alpha value is -2.74. The van der Waals surface area contributed by atoms with Gasteiger partial charge in [-0.15, -0.1) is 22.7 Å². The van der Waals surface area contributed by atoms with Crippen molar-refractivity contribution >= 4 is 38.7 Å². The number of carboxylic acids is 1. The Morgan fingerprint density at radius 1 is 1.08 bits per heavy atom. The van der Waals surface area contributed by atoms with Crippen molar-refractivity contribution < 1.29 is 19.4 Å². The molecule has 1 atom stereocenters. The summed E-state index contributed by atoms with van der Waals surface area (Å²) in [6.45, 7) is 11.7. The van der Waals surface area contributed by atoms with Gasteiger partial charge in [0.2, 0.25) is 0 Å². The zero-order chi connectivity index (χ0) is 26.6. The van der Waals surface area contributed by atoms with Gasteiger partial charge in [0.25, 0.3) is 0 Å². The molecule has 2 aromatic carbocycles. The molecule has 0 aliphatic rings. The van der Waals surface area contributed by atoms with Crippen molar-refractivity contribution in [2.45, 2.75) is 65.4 Å². The van der Waals surface area contributed by atoms with Gasteiger partial charge in [-0.3, -0.25) is 0 Å². The molecule has 0 bridgehead atoms. The summed E-state index contributed by atoms with van der Waals surface area (Å²) < 4.78 is 12.8. The highest BCUT2D eigenvalue weighted by atomic mass is 32.1. The predicted octanol–water partition coefficient (Wildman–Crippen LogP) is 7.67. The Balaban J connectivity index is 1.43. The zero-order valence-electron chi connectivity index (χ0n) is 22.2. The van der Waals surface area contributed by atoms with Crippen LogP contribution in [0.3, 0.4) is 0 Å². The maximum absolute atomic E-state index is 11.6. The summed E-state index contributed by atoms with van der Waals surface area (Å²) in [4.78, 5) is 17.8. The summed E-state index contributed by atoms with van der Waals surface area (Å²) in [7, 11) is 0. The Kier molecular flexibility index (Phi) is 8.67. The predicted molar refractivity (Wildman–Crippen MR) is 153 cm³/mol. The third kappa shape index (κ3) is 6.58. The summed E-state index contributed by atoms with van der Waals surface area (Å²) in [5.74, 6) is -0.117. The maximum atomic E-state index is 11.6. The molecule has 1 N–H and O–H groups in total. The first-order valence-corrected chi connectivity index (χ1v) is 14.4. The number of fused-ring (bicyclic) bond motifs is 1. The largest absolute Gasteiger partial charge is 0.493 e. The number of thiophene rings is 1. The number of thiazole rings is 1. The van der Waals surface area contributed by atoms with Crippen LogP contribution < -0.4 is 4.74 Å². The maximum Gasteiger partial charge on any atom is 0.333 e. The molecule has 2 aromatic heterocycles. The van der Waals surface area contributed by atoms with Gasteiger partial charge >= 0.3 is 5.97 Å². The van der Waals surface area contributed by atoms with Gasteiger partial charge < -0.3 is 14.6 Å². The van der Waals surface area contributed by atoms with E-state index < -0.39 is 12.1 Å². The number of aryl methyl sites for hydroxylation is 1. The Labute approximate surface area is 227 Å². The number of hydrogen-bond acceptors (Lipinski definition) is 6. The normalized spacial score (nSPS) is 12.7. The van der Waals surface area contributed by atoms with Gasteiger partial charge in [-0.1, -0.05) is 58.0 Å². The molecule has 1 unspecified atom stereocenters. The van der Waals surface area contributed by atoms with Crippen LogP contribution >= 0.6 is 22.7 Å².